The van der Waals surface area contributed by atoms with Crippen LogP contribution in [0, 0.1) is 11.6 Å². The van der Waals surface area contributed by atoms with Gasteiger partial charge in [-0.3, -0.25) is 4.79 Å². The summed E-state index contributed by atoms with van der Waals surface area (Å²) in [7, 11) is 0. The Bertz CT molecular complexity index is 524. The topological polar surface area (TPSA) is 43.4 Å². The second kappa shape index (κ2) is 5.98. The molecule has 0 N–H and O–H groups in total. The van der Waals surface area contributed by atoms with Crippen LogP contribution in [0.25, 0.3) is 0 Å². The quantitative estimate of drug-likeness (QED) is 0.487. The Labute approximate surface area is 110 Å². The van der Waals surface area contributed by atoms with Crippen LogP contribution in [0.2, 0.25) is 0 Å². The predicted molar refractivity (Wildman–Crippen MR) is 56.9 cm³/mol. The molecule has 0 aliphatic carbocycles. The van der Waals surface area contributed by atoms with E-state index in [1.54, 1.807) is 0 Å². The Balaban J connectivity index is 2.98. The number of hydrogen-bond donors (Lipinski definition) is 0. The van der Waals surface area contributed by atoms with E-state index < -0.39 is 41.2 Å². The number of esters is 1. The van der Waals surface area contributed by atoms with Crippen LogP contribution in [0.1, 0.15) is 23.7 Å². The largest absolute Gasteiger partial charge is 0.490 e. The number of hydrogen-bond acceptors (Lipinski definition) is 3. The molecular formula is C12H9F5O3. The number of benzene rings is 1. The van der Waals surface area contributed by atoms with Gasteiger partial charge in [0.05, 0.1) is 5.56 Å². The van der Waals surface area contributed by atoms with Crippen molar-refractivity contribution in [2.24, 2.45) is 0 Å². The third kappa shape index (κ3) is 3.75. The van der Waals surface area contributed by atoms with Crippen LogP contribution in [0.4, 0.5) is 22.0 Å². The summed E-state index contributed by atoms with van der Waals surface area (Å²) < 4.78 is 66.3. The summed E-state index contributed by atoms with van der Waals surface area (Å²) in [6, 6.07) is 1.93. The lowest BCUT2D eigenvalue weighted by Crippen LogP contribution is -2.34. The fraction of sp³-hybridized carbons (Fsp3) is 0.333. The van der Waals surface area contributed by atoms with Gasteiger partial charge in [-0.25, -0.2) is 13.6 Å². The molecule has 1 atom stereocenters. The number of carbonyl (C=O) groups is 2. The monoisotopic (exact) mass is 296 g/mol. The standard InChI is InChI=1S/C12H9F5O3/c1-2-9(20-11(19)12(15,16)17)10(18)7-5-6(13)3-4-8(7)14/h3-5,9H,2H2,1H3. The highest BCUT2D eigenvalue weighted by Gasteiger charge is 2.43. The van der Waals surface area contributed by atoms with Crippen LogP contribution >= 0.6 is 0 Å². The van der Waals surface area contributed by atoms with E-state index in [0.29, 0.717) is 12.1 Å². The molecule has 0 fully saturated rings. The van der Waals surface area contributed by atoms with Crippen LogP contribution in [0.5, 0.6) is 0 Å². The maximum Gasteiger partial charge on any atom is 0.490 e. The molecule has 110 valence electrons. The minimum Gasteiger partial charge on any atom is -0.447 e. The van der Waals surface area contributed by atoms with E-state index in [2.05, 4.69) is 4.74 Å². The number of ether oxygens (including phenoxy) is 1. The van der Waals surface area contributed by atoms with Gasteiger partial charge in [-0.1, -0.05) is 6.92 Å². The van der Waals surface area contributed by atoms with Crippen LogP contribution in [0.15, 0.2) is 18.2 Å². The Morgan fingerprint density at radius 2 is 1.85 bits per heavy atom. The minimum atomic E-state index is -5.27. The molecule has 0 radical (unpaired) electrons. The molecule has 1 rings (SSSR count). The van der Waals surface area contributed by atoms with E-state index in [1.165, 1.54) is 6.92 Å². The molecule has 0 aliphatic heterocycles. The van der Waals surface area contributed by atoms with Crippen molar-refractivity contribution in [3.8, 4) is 0 Å². The molecule has 0 bridgehead atoms. The lowest BCUT2D eigenvalue weighted by molar-refractivity contribution is -0.202. The highest BCUT2D eigenvalue weighted by molar-refractivity contribution is 6.00. The Morgan fingerprint density at radius 3 is 2.35 bits per heavy atom. The molecule has 0 aromatic heterocycles. The van der Waals surface area contributed by atoms with Crippen LogP contribution in [-0.4, -0.2) is 24.0 Å². The second-order valence-electron chi connectivity index (χ2n) is 3.79. The van der Waals surface area contributed by atoms with Crippen molar-refractivity contribution in [1.29, 1.82) is 0 Å². The van der Waals surface area contributed by atoms with Crippen LogP contribution in [-0.2, 0) is 9.53 Å². The Hall–Kier alpha value is -1.99. The number of alkyl halides is 3. The fourth-order valence-corrected chi connectivity index (χ4v) is 1.38. The van der Waals surface area contributed by atoms with Crippen LogP contribution in [0.3, 0.4) is 0 Å². The number of halogens is 5. The van der Waals surface area contributed by atoms with E-state index in [1.807, 2.05) is 0 Å². The first-order valence-corrected chi connectivity index (χ1v) is 5.44. The summed E-state index contributed by atoms with van der Waals surface area (Å²) in [5.74, 6) is -5.85. The average Bonchev–Trinajstić information content (AvgIpc) is 2.36. The van der Waals surface area contributed by atoms with Gasteiger partial charge in [0.1, 0.15) is 11.6 Å². The zero-order chi connectivity index (χ0) is 15.5. The molecule has 1 unspecified atom stereocenters. The SMILES string of the molecule is CCC(OC(=O)C(F)(F)F)C(=O)c1cc(F)ccc1F. The van der Waals surface area contributed by atoms with Gasteiger partial charge in [0.25, 0.3) is 0 Å². The smallest absolute Gasteiger partial charge is 0.447 e. The van der Waals surface area contributed by atoms with Crippen molar-refractivity contribution in [1.82, 2.24) is 0 Å². The van der Waals surface area contributed by atoms with Gasteiger partial charge in [-0.15, -0.1) is 0 Å². The summed E-state index contributed by atoms with van der Waals surface area (Å²) in [6.45, 7) is 1.27. The number of carbonyl (C=O) groups excluding carboxylic acids is 2. The third-order valence-corrected chi connectivity index (χ3v) is 2.34. The normalized spacial score (nSPS) is 12.9. The molecule has 3 nitrogen and oxygen atoms in total. The van der Waals surface area contributed by atoms with E-state index >= 15 is 0 Å². The molecule has 1 aromatic carbocycles. The molecule has 8 heteroatoms. The maximum absolute atomic E-state index is 13.3. The summed E-state index contributed by atoms with van der Waals surface area (Å²) in [5, 5.41) is 0. The molecule has 1 aromatic rings. The number of ketones is 1. The van der Waals surface area contributed by atoms with Crippen molar-refractivity contribution >= 4 is 11.8 Å². The van der Waals surface area contributed by atoms with Gasteiger partial charge < -0.3 is 4.74 Å². The van der Waals surface area contributed by atoms with E-state index in [9.17, 15) is 31.5 Å². The second-order valence-corrected chi connectivity index (χ2v) is 3.79. The van der Waals surface area contributed by atoms with Gasteiger partial charge >= 0.3 is 12.1 Å². The fourth-order valence-electron chi connectivity index (χ4n) is 1.38. The molecule has 0 aliphatic rings. The first kappa shape index (κ1) is 16.1. The van der Waals surface area contributed by atoms with Crippen molar-refractivity contribution in [3.63, 3.8) is 0 Å². The third-order valence-electron chi connectivity index (χ3n) is 2.34. The molecule has 0 saturated heterocycles. The van der Waals surface area contributed by atoms with Gasteiger partial charge in [0, 0.05) is 0 Å². The molecule has 0 heterocycles. The highest BCUT2D eigenvalue weighted by Crippen LogP contribution is 2.21. The first-order chi connectivity index (χ1) is 9.16. The zero-order valence-corrected chi connectivity index (χ0v) is 10.1. The van der Waals surface area contributed by atoms with E-state index in [-0.39, 0.29) is 6.42 Å². The molecule has 0 saturated carbocycles. The van der Waals surface area contributed by atoms with E-state index in [0.717, 1.165) is 6.07 Å². The summed E-state index contributed by atoms with van der Waals surface area (Å²) in [4.78, 5) is 22.4. The summed E-state index contributed by atoms with van der Waals surface area (Å²) >= 11 is 0. The number of rotatable bonds is 4. The Kier molecular flexibility index (Phi) is 4.80. The maximum atomic E-state index is 13.3. The van der Waals surface area contributed by atoms with Crippen molar-refractivity contribution in [2.75, 3.05) is 0 Å². The van der Waals surface area contributed by atoms with Gasteiger partial charge in [0.2, 0.25) is 5.78 Å². The van der Waals surface area contributed by atoms with Crippen LogP contribution < -0.4 is 0 Å². The molecule has 0 spiro atoms. The lowest BCUT2D eigenvalue weighted by Gasteiger charge is -2.16. The highest BCUT2D eigenvalue weighted by atomic mass is 19.4. The Morgan fingerprint density at radius 1 is 1.25 bits per heavy atom. The summed E-state index contributed by atoms with van der Waals surface area (Å²) in [6.07, 6.45) is -7.41. The zero-order valence-electron chi connectivity index (χ0n) is 10.1. The average molecular weight is 296 g/mol. The molecule has 20 heavy (non-hydrogen) atoms. The lowest BCUT2D eigenvalue weighted by atomic mass is 10.0. The van der Waals surface area contributed by atoms with Gasteiger partial charge in [-0.05, 0) is 24.6 Å². The first-order valence-electron chi connectivity index (χ1n) is 5.44. The van der Waals surface area contributed by atoms with E-state index in [4.69, 9.17) is 0 Å². The number of Topliss-reactive ketones (excluding diaryl/α,β-unsaturated/α-hetero) is 1. The van der Waals surface area contributed by atoms with Crippen molar-refractivity contribution < 1.29 is 36.3 Å². The molecule has 0 amide bonds. The van der Waals surface area contributed by atoms with Crippen molar-refractivity contribution in [3.05, 3.63) is 35.4 Å². The summed E-state index contributed by atoms with van der Waals surface area (Å²) in [5.41, 5.74) is -0.771. The van der Waals surface area contributed by atoms with Gasteiger partial charge in [-0.2, -0.15) is 13.2 Å². The van der Waals surface area contributed by atoms with Gasteiger partial charge in [0.15, 0.2) is 6.10 Å². The minimum absolute atomic E-state index is 0.309. The predicted octanol–water partition coefficient (Wildman–Crippen LogP) is 3.03. The van der Waals surface area contributed by atoms with Crippen molar-refractivity contribution in [2.45, 2.75) is 25.6 Å². The molecular weight excluding hydrogens is 287 g/mol.